The van der Waals surface area contributed by atoms with Crippen LogP contribution in [0, 0.1) is 0 Å². The lowest BCUT2D eigenvalue weighted by Crippen LogP contribution is -2.00. The van der Waals surface area contributed by atoms with Crippen molar-refractivity contribution < 1.29 is 18.0 Å². The van der Waals surface area contributed by atoms with E-state index in [1.54, 1.807) is 60.7 Å². The molecule has 0 aromatic heterocycles. The summed E-state index contributed by atoms with van der Waals surface area (Å²) in [6.45, 7) is 0. The van der Waals surface area contributed by atoms with E-state index in [1.807, 2.05) is 0 Å². The molecule has 0 amide bonds. The molecule has 2 aromatic carbocycles. The third-order valence-electron chi connectivity index (χ3n) is 2.27. The fourth-order valence-electron chi connectivity index (χ4n) is 1.33. The van der Waals surface area contributed by atoms with Crippen molar-refractivity contribution in [2.24, 2.45) is 0 Å². The monoisotopic (exact) mass is 306 g/mol. The van der Waals surface area contributed by atoms with Gasteiger partial charge in [-0.1, -0.05) is 36.4 Å². The topological polar surface area (TPSA) is 52.6 Å². The van der Waals surface area contributed by atoms with Crippen LogP contribution in [-0.4, -0.2) is 11.9 Å². The lowest BCUT2D eigenvalue weighted by molar-refractivity contribution is 0.0752. The van der Waals surface area contributed by atoms with E-state index in [9.17, 15) is 9.59 Å². The van der Waals surface area contributed by atoms with Gasteiger partial charge in [0.2, 0.25) is 0 Å². The minimum absolute atomic E-state index is 0.440. The molecule has 0 aliphatic carbocycles. The van der Waals surface area contributed by atoms with Crippen LogP contribution in [0.5, 0.6) is 0 Å². The molecule has 0 unspecified atom stereocenters. The average molecular weight is 306 g/mol. The number of carbonyl (C=O) groups excluding carboxylic acids is 2. The minimum atomic E-state index is -0.487. The lowest BCUT2D eigenvalue weighted by Gasteiger charge is -2.02. The summed E-state index contributed by atoms with van der Waals surface area (Å²) in [6.07, 6.45) is 0. The van der Waals surface area contributed by atoms with Gasteiger partial charge in [-0.2, -0.15) is 0 Å². The summed E-state index contributed by atoms with van der Waals surface area (Å²) in [5, 5.41) is 0. The first-order valence-electron chi connectivity index (χ1n) is 5.64. The molecule has 0 radical (unpaired) electrons. The summed E-state index contributed by atoms with van der Waals surface area (Å²) in [4.78, 5) is 23.1. The van der Waals surface area contributed by atoms with Gasteiger partial charge in [-0.3, -0.25) is 0 Å². The molecular weight excluding hydrogens is 296 g/mol. The Morgan fingerprint density at radius 3 is 1.35 bits per heavy atom. The van der Waals surface area contributed by atoms with E-state index < -0.39 is 11.9 Å². The fraction of sp³-hybridized carbons (Fsp3) is 0. The molecule has 6 heteroatoms. The highest BCUT2D eigenvalue weighted by atomic mass is 33.1. The van der Waals surface area contributed by atoms with Gasteiger partial charge >= 0.3 is 11.9 Å². The van der Waals surface area contributed by atoms with Gasteiger partial charge in [0.25, 0.3) is 0 Å². The van der Waals surface area contributed by atoms with Crippen LogP contribution in [0.2, 0.25) is 0 Å². The summed E-state index contributed by atoms with van der Waals surface area (Å²) in [6, 6.07) is 17.1. The summed E-state index contributed by atoms with van der Waals surface area (Å²) < 4.78 is 9.76. The zero-order chi connectivity index (χ0) is 14.2. The van der Waals surface area contributed by atoms with E-state index in [-0.39, 0.29) is 0 Å². The molecule has 0 N–H and O–H groups in total. The van der Waals surface area contributed by atoms with Gasteiger partial charge in [0.05, 0.1) is 11.1 Å². The number of hydrogen-bond acceptors (Lipinski definition) is 6. The van der Waals surface area contributed by atoms with Crippen LogP contribution in [0.25, 0.3) is 0 Å². The highest BCUT2D eigenvalue weighted by molar-refractivity contribution is 8.73. The average Bonchev–Trinajstić information content (AvgIpc) is 2.53. The Bertz CT molecular complexity index is 519. The number of benzene rings is 2. The first-order chi connectivity index (χ1) is 9.77. The van der Waals surface area contributed by atoms with Crippen molar-refractivity contribution in [1.29, 1.82) is 0 Å². The first-order valence-corrected chi connectivity index (χ1v) is 7.64. The van der Waals surface area contributed by atoms with Crippen LogP contribution >= 0.6 is 22.1 Å². The smallest absolute Gasteiger partial charge is 0.351 e. The molecule has 0 aliphatic heterocycles. The predicted octanol–water partition coefficient (Wildman–Crippen LogP) is 3.91. The minimum Gasteiger partial charge on any atom is -0.372 e. The number of rotatable bonds is 5. The number of hydrogen-bond donors (Lipinski definition) is 0. The maximum absolute atomic E-state index is 11.6. The van der Waals surface area contributed by atoms with E-state index in [1.165, 1.54) is 0 Å². The van der Waals surface area contributed by atoms with Gasteiger partial charge in [0.1, 0.15) is 0 Å². The van der Waals surface area contributed by atoms with Crippen molar-refractivity contribution in [1.82, 2.24) is 0 Å². The van der Waals surface area contributed by atoms with E-state index in [0.29, 0.717) is 33.3 Å². The second-order valence-corrected chi connectivity index (χ2v) is 5.03. The molecule has 0 heterocycles. The largest absolute Gasteiger partial charge is 0.372 e. The standard InChI is InChI=1S/C14H10O4S2/c15-13(11-7-3-1-4-8-11)17-19-20-18-14(16)12-9-5-2-6-10-12/h1-10H. The van der Waals surface area contributed by atoms with Crippen molar-refractivity contribution in [3.63, 3.8) is 0 Å². The van der Waals surface area contributed by atoms with E-state index in [4.69, 9.17) is 8.37 Å². The van der Waals surface area contributed by atoms with Gasteiger partial charge in [-0.25, -0.2) is 9.59 Å². The zero-order valence-corrected chi connectivity index (χ0v) is 11.9. The predicted molar refractivity (Wildman–Crippen MR) is 78.9 cm³/mol. The van der Waals surface area contributed by atoms with Crippen molar-refractivity contribution in [3.8, 4) is 0 Å². The zero-order valence-electron chi connectivity index (χ0n) is 10.2. The van der Waals surface area contributed by atoms with Gasteiger partial charge in [0, 0.05) is 0 Å². The Hall–Kier alpha value is -1.92. The van der Waals surface area contributed by atoms with Gasteiger partial charge in [0.15, 0.2) is 22.1 Å². The van der Waals surface area contributed by atoms with Crippen LogP contribution in [-0.2, 0) is 8.37 Å². The van der Waals surface area contributed by atoms with E-state index in [0.717, 1.165) is 0 Å². The van der Waals surface area contributed by atoms with Crippen molar-refractivity contribution in [2.45, 2.75) is 0 Å². The highest BCUT2D eigenvalue weighted by Crippen LogP contribution is 2.26. The molecule has 0 aliphatic rings. The SMILES string of the molecule is O=C(OSSOC(=O)c1ccccc1)c1ccccc1. The molecule has 0 atom stereocenters. The van der Waals surface area contributed by atoms with Crippen molar-refractivity contribution in [3.05, 3.63) is 71.8 Å². The first kappa shape index (κ1) is 14.5. The van der Waals surface area contributed by atoms with E-state index >= 15 is 0 Å². The molecule has 0 fully saturated rings. The molecule has 0 saturated heterocycles. The molecule has 102 valence electrons. The molecule has 0 bridgehead atoms. The van der Waals surface area contributed by atoms with Crippen molar-refractivity contribution in [2.75, 3.05) is 0 Å². The highest BCUT2D eigenvalue weighted by Gasteiger charge is 2.10. The van der Waals surface area contributed by atoms with E-state index in [2.05, 4.69) is 0 Å². The maximum Gasteiger partial charge on any atom is 0.351 e. The summed E-state index contributed by atoms with van der Waals surface area (Å²) >= 11 is 1.41. The van der Waals surface area contributed by atoms with Gasteiger partial charge in [-0.05, 0) is 24.3 Å². The number of carbonyl (C=O) groups is 2. The van der Waals surface area contributed by atoms with Crippen LogP contribution < -0.4 is 0 Å². The molecule has 2 aromatic rings. The fourth-order valence-corrected chi connectivity index (χ4v) is 2.24. The second kappa shape index (κ2) is 7.62. The maximum atomic E-state index is 11.6. The normalized spacial score (nSPS) is 9.80. The van der Waals surface area contributed by atoms with Crippen LogP contribution in [0.1, 0.15) is 20.7 Å². The summed E-state index contributed by atoms with van der Waals surface area (Å²) in [5.41, 5.74) is 0.880. The summed E-state index contributed by atoms with van der Waals surface area (Å²) in [5.74, 6) is -0.974. The molecule has 0 spiro atoms. The molecule has 2 rings (SSSR count). The van der Waals surface area contributed by atoms with Gasteiger partial charge < -0.3 is 8.37 Å². The molecular formula is C14H10O4S2. The Balaban J connectivity index is 1.72. The third-order valence-corrected chi connectivity index (χ3v) is 3.34. The Morgan fingerprint density at radius 1 is 0.650 bits per heavy atom. The molecule has 0 saturated carbocycles. The van der Waals surface area contributed by atoms with Crippen LogP contribution in [0.4, 0.5) is 0 Å². The second-order valence-electron chi connectivity index (χ2n) is 3.61. The lowest BCUT2D eigenvalue weighted by atomic mass is 10.2. The Labute approximate surface area is 124 Å². The van der Waals surface area contributed by atoms with Crippen LogP contribution in [0.15, 0.2) is 60.7 Å². The molecule has 4 nitrogen and oxygen atoms in total. The Kier molecular flexibility index (Phi) is 5.52. The summed E-state index contributed by atoms with van der Waals surface area (Å²) in [7, 11) is 0. The third kappa shape index (κ3) is 4.32. The van der Waals surface area contributed by atoms with Crippen molar-refractivity contribution >= 4 is 34.1 Å². The molecule has 20 heavy (non-hydrogen) atoms. The quantitative estimate of drug-likeness (QED) is 0.474. The van der Waals surface area contributed by atoms with Gasteiger partial charge in [-0.15, -0.1) is 0 Å². The van der Waals surface area contributed by atoms with Crippen LogP contribution in [0.3, 0.4) is 0 Å². The Morgan fingerprint density at radius 2 is 1.00 bits per heavy atom.